The van der Waals surface area contributed by atoms with Crippen molar-refractivity contribution in [2.24, 2.45) is 11.7 Å². The second-order valence-electron chi connectivity index (χ2n) is 5.93. The van der Waals surface area contributed by atoms with Crippen LogP contribution in [0.1, 0.15) is 25.3 Å². The molecule has 2 unspecified atom stereocenters. The van der Waals surface area contributed by atoms with E-state index in [0.29, 0.717) is 19.5 Å². The predicted octanol–water partition coefficient (Wildman–Crippen LogP) is 2.30. The van der Waals surface area contributed by atoms with E-state index < -0.39 is 14.9 Å². The minimum atomic E-state index is -3.83. The van der Waals surface area contributed by atoms with E-state index in [1.54, 1.807) is 0 Å². The van der Waals surface area contributed by atoms with Gasteiger partial charge in [-0.05, 0) is 38.7 Å². The molecule has 0 spiro atoms. The van der Waals surface area contributed by atoms with Crippen molar-refractivity contribution in [3.8, 4) is 0 Å². The molecule has 1 aliphatic heterocycles. The number of benzene rings is 1. The molecule has 1 aromatic rings. The number of rotatable bonds is 4. The van der Waals surface area contributed by atoms with Crippen LogP contribution in [-0.2, 0) is 10.0 Å². The number of halogens is 1. The average molecular weight is 362 g/mol. The van der Waals surface area contributed by atoms with Gasteiger partial charge in [0.15, 0.2) is 0 Å². The summed E-state index contributed by atoms with van der Waals surface area (Å²) in [7, 11) is -3.83. The zero-order valence-electron chi connectivity index (χ0n) is 13.0. The van der Waals surface area contributed by atoms with Crippen molar-refractivity contribution in [1.82, 2.24) is 4.31 Å². The molecule has 7 nitrogen and oxygen atoms in total. The summed E-state index contributed by atoms with van der Waals surface area (Å²) in [6.45, 7) is 4.04. The van der Waals surface area contributed by atoms with E-state index in [4.69, 9.17) is 17.3 Å². The molecule has 1 saturated heterocycles. The smallest absolute Gasteiger partial charge is 0.275 e. The number of hydrogen-bond donors (Lipinski definition) is 1. The van der Waals surface area contributed by atoms with Crippen LogP contribution in [0.5, 0.6) is 0 Å². The molecule has 2 N–H and O–H groups in total. The molecule has 23 heavy (non-hydrogen) atoms. The van der Waals surface area contributed by atoms with E-state index in [-0.39, 0.29) is 33.1 Å². The molecule has 1 aliphatic rings. The van der Waals surface area contributed by atoms with Gasteiger partial charge in [0.1, 0.15) is 0 Å². The Morgan fingerprint density at radius 2 is 2.13 bits per heavy atom. The highest BCUT2D eigenvalue weighted by Crippen LogP contribution is 2.32. The highest BCUT2D eigenvalue weighted by molar-refractivity contribution is 7.89. The molecule has 9 heteroatoms. The van der Waals surface area contributed by atoms with Crippen LogP contribution < -0.4 is 5.73 Å². The third-order valence-electron chi connectivity index (χ3n) is 4.29. The lowest BCUT2D eigenvalue weighted by atomic mass is 9.93. The van der Waals surface area contributed by atoms with Gasteiger partial charge in [-0.1, -0.05) is 11.6 Å². The Morgan fingerprint density at radius 3 is 2.70 bits per heavy atom. The summed E-state index contributed by atoms with van der Waals surface area (Å²) in [5.74, 6) is 0.0782. The number of piperidine rings is 1. The first-order chi connectivity index (χ1) is 10.6. The molecule has 1 heterocycles. The first-order valence-corrected chi connectivity index (χ1v) is 9.16. The molecular formula is C14H20ClN3O4S. The molecule has 128 valence electrons. The van der Waals surface area contributed by atoms with E-state index >= 15 is 0 Å². The van der Waals surface area contributed by atoms with Gasteiger partial charge in [0, 0.05) is 30.8 Å². The van der Waals surface area contributed by atoms with Gasteiger partial charge in [0.25, 0.3) is 5.69 Å². The summed E-state index contributed by atoms with van der Waals surface area (Å²) in [4.78, 5) is 10.3. The zero-order chi connectivity index (χ0) is 17.4. The maximum atomic E-state index is 12.8. The maximum Gasteiger partial charge on any atom is 0.275 e. The standard InChI is InChI=1S/C14H20ClN3O4S/c1-9-13(15)6-12(7-14(9)18(19)20)23(21,22)17-5-3-4-11(8-17)10(2)16/h6-7,10-11H,3-5,8,16H2,1-2H3. The largest absolute Gasteiger partial charge is 0.328 e. The third-order valence-corrected chi connectivity index (χ3v) is 6.52. The van der Waals surface area contributed by atoms with Crippen LogP contribution in [0, 0.1) is 23.0 Å². The van der Waals surface area contributed by atoms with Gasteiger partial charge in [-0.2, -0.15) is 4.31 Å². The van der Waals surface area contributed by atoms with Gasteiger partial charge < -0.3 is 5.73 Å². The Labute approximate surface area is 140 Å². The molecule has 0 saturated carbocycles. The minimum Gasteiger partial charge on any atom is -0.328 e. The van der Waals surface area contributed by atoms with Crippen LogP contribution in [-0.4, -0.2) is 36.8 Å². The second kappa shape index (κ2) is 6.72. The number of nitro benzene ring substituents is 1. The lowest BCUT2D eigenvalue weighted by molar-refractivity contribution is -0.385. The Balaban J connectivity index is 2.42. The first-order valence-electron chi connectivity index (χ1n) is 7.35. The summed E-state index contributed by atoms with van der Waals surface area (Å²) >= 11 is 5.98. The quantitative estimate of drug-likeness (QED) is 0.654. The Hall–Kier alpha value is -1.22. The molecule has 1 aromatic carbocycles. The van der Waals surface area contributed by atoms with Gasteiger partial charge in [0.2, 0.25) is 10.0 Å². The fraction of sp³-hybridized carbons (Fsp3) is 0.571. The van der Waals surface area contributed by atoms with Crippen molar-refractivity contribution in [2.45, 2.75) is 37.6 Å². The van der Waals surface area contributed by atoms with Gasteiger partial charge in [-0.25, -0.2) is 8.42 Å². The molecule has 1 fully saturated rings. The Bertz CT molecular complexity index is 721. The molecule has 2 atom stereocenters. The Morgan fingerprint density at radius 1 is 1.48 bits per heavy atom. The normalized spacial score (nSPS) is 21.1. The van der Waals surface area contributed by atoms with Crippen LogP contribution in [0.4, 0.5) is 5.69 Å². The van der Waals surface area contributed by atoms with Crippen LogP contribution >= 0.6 is 11.6 Å². The third kappa shape index (κ3) is 3.65. The summed E-state index contributed by atoms with van der Waals surface area (Å²) in [6, 6.07) is 2.24. The monoisotopic (exact) mass is 361 g/mol. The van der Waals surface area contributed by atoms with Crippen LogP contribution in [0.15, 0.2) is 17.0 Å². The fourth-order valence-corrected chi connectivity index (χ4v) is 4.61. The number of sulfonamides is 1. The Kier molecular flexibility index (Phi) is 5.30. The second-order valence-corrected chi connectivity index (χ2v) is 8.28. The van der Waals surface area contributed by atoms with Crippen LogP contribution in [0.3, 0.4) is 0 Å². The van der Waals surface area contributed by atoms with Crippen molar-refractivity contribution >= 4 is 27.3 Å². The maximum absolute atomic E-state index is 12.8. The van der Waals surface area contributed by atoms with E-state index in [0.717, 1.165) is 12.5 Å². The average Bonchev–Trinajstić information content (AvgIpc) is 2.49. The van der Waals surface area contributed by atoms with E-state index in [9.17, 15) is 18.5 Å². The van der Waals surface area contributed by atoms with E-state index in [1.165, 1.54) is 17.3 Å². The van der Waals surface area contributed by atoms with Crippen molar-refractivity contribution in [3.63, 3.8) is 0 Å². The van der Waals surface area contributed by atoms with Crippen molar-refractivity contribution in [1.29, 1.82) is 0 Å². The van der Waals surface area contributed by atoms with E-state index in [2.05, 4.69) is 0 Å². The van der Waals surface area contributed by atoms with Gasteiger partial charge in [0.05, 0.1) is 14.8 Å². The highest BCUT2D eigenvalue weighted by atomic mass is 35.5. The topological polar surface area (TPSA) is 107 Å². The number of hydrogen-bond acceptors (Lipinski definition) is 5. The van der Waals surface area contributed by atoms with Gasteiger partial charge >= 0.3 is 0 Å². The number of nitro groups is 1. The molecule has 0 bridgehead atoms. The minimum absolute atomic E-state index is 0.0681. The molecule has 0 radical (unpaired) electrons. The van der Waals surface area contributed by atoms with E-state index in [1.807, 2.05) is 6.92 Å². The first kappa shape index (κ1) is 18.1. The zero-order valence-corrected chi connectivity index (χ0v) is 14.6. The summed E-state index contributed by atoms with van der Waals surface area (Å²) < 4.78 is 26.9. The molecule has 0 aromatic heterocycles. The molecule has 0 amide bonds. The lowest BCUT2D eigenvalue weighted by Gasteiger charge is -2.33. The number of nitrogens with two attached hydrogens (primary N) is 1. The molecule has 2 rings (SSSR count). The van der Waals surface area contributed by atoms with Crippen LogP contribution in [0.25, 0.3) is 0 Å². The highest BCUT2D eigenvalue weighted by Gasteiger charge is 2.33. The van der Waals surface area contributed by atoms with Crippen LogP contribution in [0.2, 0.25) is 5.02 Å². The van der Waals surface area contributed by atoms with Crippen molar-refractivity contribution in [2.75, 3.05) is 13.1 Å². The number of nitrogens with zero attached hydrogens (tertiary/aromatic N) is 2. The fourth-order valence-electron chi connectivity index (χ4n) is 2.75. The van der Waals surface area contributed by atoms with Gasteiger partial charge in [-0.3, -0.25) is 10.1 Å². The summed E-state index contributed by atoms with van der Waals surface area (Å²) in [6.07, 6.45) is 1.59. The predicted molar refractivity (Wildman–Crippen MR) is 88.0 cm³/mol. The van der Waals surface area contributed by atoms with Crippen molar-refractivity contribution in [3.05, 3.63) is 32.8 Å². The lowest BCUT2D eigenvalue weighted by Crippen LogP contribution is -2.44. The molecule has 0 aliphatic carbocycles. The molecular weight excluding hydrogens is 342 g/mol. The van der Waals surface area contributed by atoms with Gasteiger partial charge in [-0.15, -0.1) is 0 Å². The SMILES string of the molecule is Cc1c(Cl)cc(S(=O)(=O)N2CCCC(C(C)N)C2)cc1[N+](=O)[O-]. The van der Waals surface area contributed by atoms with Crippen molar-refractivity contribution < 1.29 is 13.3 Å². The summed E-state index contributed by atoms with van der Waals surface area (Å²) in [5.41, 5.74) is 5.85. The summed E-state index contributed by atoms with van der Waals surface area (Å²) in [5, 5.41) is 11.2.